The van der Waals surface area contributed by atoms with Gasteiger partial charge in [-0.05, 0) is 62.2 Å². The van der Waals surface area contributed by atoms with Gasteiger partial charge >= 0.3 is 0 Å². The lowest BCUT2D eigenvalue weighted by Gasteiger charge is -2.16. The van der Waals surface area contributed by atoms with E-state index in [4.69, 9.17) is 4.42 Å². The zero-order valence-electron chi connectivity index (χ0n) is 15.5. The summed E-state index contributed by atoms with van der Waals surface area (Å²) in [7, 11) is 0. The third kappa shape index (κ3) is 3.74. The number of anilines is 1. The van der Waals surface area contributed by atoms with Crippen LogP contribution in [-0.2, 0) is 0 Å². The van der Waals surface area contributed by atoms with Gasteiger partial charge in [-0.15, -0.1) is 0 Å². The molecule has 0 saturated heterocycles. The average Bonchev–Trinajstić information content (AvgIpc) is 3.02. The maximum atomic E-state index is 5.55. The Hall–Kier alpha value is -2.66. The van der Waals surface area contributed by atoms with E-state index in [0.717, 1.165) is 43.9 Å². The summed E-state index contributed by atoms with van der Waals surface area (Å²) < 4.78 is 6.62. The zero-order chi connectivity index (χ0) is 19.0. The fourth-order valence-corrected chi connectivity index (χ4v) is 3.60. The summed E-state index contributed by atoms with van der Waals surface area (Å²) in [5.74, 6) is 1.55. The Labute approximate surface area is 166 Å². The summed E-state index contributed by atoms with van der Waals surface area (Å²) in [5, 5.41) is 4.60. The molecule has 4 nitrogen and oxygen atoms in total. The Bertz CT molecular complexity index is 1120. The number of halogens is 1. The quantitative estimate of drug-likeness (QED) is 0.411. The number of rotatable bonds is 4. The first-order chi connectivity index (χ1) is 13.0. The predicted molar refractivity (Wildman–Crippen MR) is 113 cm³/mol. The molecule has 0 amide bonds. The number of hydrogen-bond acceptors (Lipinski definition) is 4. The molecule has 136 valence electrons. The molecular formula is C22H20BrN3O. The van der Waals surface area contributed by atoms with Crippen LogP contribution < -0.4 is 5.32 Å². The first kappa shape index (κ1) is 17.7. The number of nitrogens with one attached hydrogen (secondary N) is 1. The fraction of sp³-hybridized carbons (Fsp3) is 0.182. The number of benzene rings is 2. The van der Waals surface area contributed by atoms with Crippen molar-refractivity contribution in [2.75, 3.05) is 5.32 Å². The molecule has 0 aliphatic rings. The topological polar surface area (TPSA) is 51.0 Å². The van der Waals surface area contributed by atoms with E-state index in [9.17, 15) is 0 Å². The predicted octanol–water partition coefficient (Wildman–Crippen LogP) is 6.44. The fourth-order valence-electron chi connectivity index (χ4n) is 3.19. The van der Waals surface area contributed by atoms with E-state index in [1.54, 1.807) is 6.26 Å². The number of furan rings is 1. The van der Waals surface area contributed by atoms with Crippen molar-refractivity contribution in [3.05, 3.63) is 76.2 Å². The second kappa shape index (κ2) is 7.16. The number of aromatic nitrogens is 2. The summed E-state index contributed by atoms with van der Waals surface area (Å²) >= 11 is 3.53. The molecule has 4 rings (SSSR count). The molecule has 0 radical (unpaired) electrons. The van der Waals surface area contributed by atoms with Gasteiger partial charge in [-0.25, -0.2) is 9.97 Å². The van der Waals surface area contributed by atoms with Gasteiger partial charge in [-0.1, -0.05) is 28.1 Å². The SMILES string of the molecule is Cc1nc(N[C@@H](C)c2cccc(Br)c2)cc(-c2ccc3occ(C)c3c2)n1. The van der Waals surface area contributed by atoms with Crippen LogP contribution in [0, 0.1) is 13.8 Å². The Morgan fingerprint density at radius 1 is 1.04 bits per heavy atom. The minimum absolute atomic E-state index is 0.128. The number of aryl methyl sites for hydroxylation is 2. The standard InChI is InChI=1S/C22H20BrN3O/c1-13-12-27-21-8-7-17(10-19(13)21)20-11-22(26-15(3)25-20)24-14(2)16-5-4-6-18(23)9-16/h4-12,14H,1-3H3,(H,24,25,26)/t14-/m0/s1. The number of fused-ring (bicyclic) bond motifs is 1. The van der Waals surface area contributed by atoms with Gasteiger partial charge in [-0.2, -0.15) is 0 Å². The van der Waals surface area contributed by atoms with Crippen LogP contribution in [0.3, 0.4) is 0 Å². The lowest BCUT2D eigenvalue weighted by Crippen LogP contribution is -2.09. The molecule has 1 atom stereocenters. The highest BCUT2D eigenvalue weighted by Gasteiger charge is 2.11. The highest BCUT2D eigenvalue weighted by Crippen LogP contribution is 2.28. The molecule has 0 aliphatic heterocycles. The van der Waals surface area contributed by atoms with E-state index in [1.807, 2.05) is 44.2 Å². The van der Waals surface area contributed by atoms with Crippen molar-refractivity contribution in [3.63, 3.8) is 0 Å². The molecule has 4 aromatic rings. The third-order valence-electron chi connectivity index (χ3n) is 4.61. The lowest BCUT2D eigenvalue weighted by molar-refractivity contribution is 0.613. The molecule has 5 heteroatoms. The van der Waals surface area contributed by atoms with E-state index in [1.165, 1.54) is 5.56 Å². The lowest BCUT2D eigenvalue weighted by atomic mass is 10.1. The highest BCUT2D eigenvalue weighted by atomic mass is 79.9. The van der Waals surface area contributed by atoms with Crippen LogP contribution in [0.5, 0.6) is 0 Å². The van der Waals surface area contributed by atoms with Gasteiger partial charge in [0.1, 0.15) is 17.2 Å². The second-order valence-electron chi connectivity index (χ2n) is 6.74. The Kier molecular flexibility index (Phi) is 4.70. The molecule has 0 unspecified atom stereocenters. The molecule has 0 bridgehead atoms. The Morgan fingerprint density at radius 3 is 2.70 bits per heavy atom. The van der Waals surface area contributed by atoms with Crippen LogP contribution >= 0.6 is 15.9 Å². The van der Waals surface area contributed by atoms with Gasteiger partial charge in [0.15, 0.2) is 0 Å². The maximum Gasteiger partial charge on any atom is 0.134 e. The zero-order valence-corrected chi connectivity index (χ0v) is 17.0. The first-order valence-electron chi connectivity index (χ1n) is 8.85. The molecule has 0 aliphatic carbocycles. The van der Waals surface area contributed by atoms with Crippen LogP contribution in [0.25, 0.3) is 22.2 Å². The number of hydrogen-bond donors (Lipinski definition) is 1. The smallest absolute Gasteiger partial charge is 0.134 e. The van der Waals surface area contributed by atoms with Crippen LogP contribution in [0.15, 0.2) is 63.7 Å². The van der Waals surface area contributed by atoms with Crippen molar-refractivity contribution in [3.8, 4) is 11.3 Å². The summed E-state index contributed by atoms with van der Waals surface area (Å²) in [6.45, 7) is 6.09. The third-order valence-corrected chi connectivity index (χ3v) is 5.11. The highest BCUT2D eigenvalue weighted by molar-refractivity contribution is 9.10. The van der Waals surface area contributed by atoms with Crippen molar-refractivity contribution in [2.24, 2.45) is 0 Å². The van der Waals surface area contributed by atoms with E-state index in [-0.39, 0.29) is 6.04 Å². The maximum absolute atomic E-state index is 5.55. The minimum Gasteiger partial charge on any atom is -0.464 e. The first-order valence-corrected chi connectivity index (χ1v) is 9.65. The van der Waals surface area contributed by atoms with Crippen LogP contribution in [0.1, 0.15) is 29.9 Å². The van der Waals surface area contributed by atoms with Crippen LogP contribution in [-0.4, -0.2) is 9.97 Å². The van der Waals surface area contributed by atoms with Crippen LogP contribution in [0.2, 0.25) is 0 Å². The number of nitrogens with zero attached hydrogens (tertiary/aromatic N) is 2. The van der Waals surface area contributed by atoms with Gasteiger partial charge < -0.3 is 9.73 Å². The van der Waals surface area contributed by atoms with Crippen molar-refractivity contribution in [1.29, 1.82) is 0 Å². The van der Waals surface area contributed by atoms with Crippen molar-refractivity contribution in [1.82, 2.24) is 9.97 Å². The molecule has 2 aromatic carbocycles. The van der Waals surface area contributed by atoms with Crippen molar-refractivity contribution in [2.45, 2.75) is 26.8 Å². The van der Waals surface area contributed by atoms with Crippen molar-refractivity contribution < 1.29 is 4.42 Å². The van der Waals surface area contributed by atoms with E-state index >= 15 is 0 Å². The van der Waals surface area contributed by atoms with Gasteiger partial charge in [-0.3, -0.25) is 0 Å². The van der Waals surface area contributed by atoms with E-state index < -0.39 is 0 Å². The van der Waals surface area contributed by atoms with Gasteiger partial charge in [0.05, 0.1) is 12.0 Å². The largest absolute Gasteiger partial charge is 0.464 e. The average molecular weight is 422 g/mol. The van der Waals surface area contributed by atoms with Gasteiger partial charge in [0.25, 0.3) is 0 Å². The van der Waals surface area contributed by atoms with E-state index in [2.05, 4.69) is 56.3 Å². The molecule has 0 fully saturated rings. The molecular weight excluding hydrogens is 402 g/mol. The molecule has 2 heterocycles. The summed E-state index contributed by atoms with van der Waals surface area (Å²) in [6, 6.07) is 16.6. The second-order valence-corrected chi connectivity index (χ2v) is 7.65. The molecule has 2 aromatic heterocycles. The minimum atomic E-state index is 0.128. The van der Waals surface area contributed by atoms with E-state index in [0.29, 0.717) is 0 Å². The summed E-state index contributed by atoms with van der Waals surface area (Å²) in [5.41, 5.74) is 5.16. The van der Waals surface area contributed by atoms with Crippen molar-refractivity contribution >= 4 is 32.7 Å². The normalized spacial score (nSPS) is 12.3. The summed E-state index contributed by atoms with van der Waals surface area (Å²) in [6.07, 6.45) is 1.78. The van der Waals surface area contributed by atoms with Gasteiger partial charge in [0, 0.05) is 27.5 Å². The Morgan fingerprint density at radius 2 is 1.89 bits per heavy atom. The molecule has 0 saturated carbocycles. The summed E-state index contributed by atoms with van der Waals surface area (Å²) in [4.78, 5) is 9.19. The molecule has 27 heavy (non-hydrogen) atoms. The molecule has 1 N–H and O–H groups in total. The monoisotopic (exact) mass is 421 g/mol. The van der Waals surface area contributed by atoms with Gasteiger partial charge in [0.2, 0.25) is 0 Å². The Balaban J connectivity index is 1.67. The van der Waals surface area contributed by atoms with Crippen LogP contribution in [0.4, 0.5) is 5.82 Å². The molecule has 0 spiro atoms.